The molecule has 0 aliphatic heterocycles. The van der Waals surface area contributed by atoms with Crippen LogP contribution in [0.5, 0.6) is 0 Å². The quantitative estimate of drug-likeness (QED) is 0.244. The molecule has 1 atom stereocenters. The van der Waals surface area contributed by atoms with E-state index >= 15 is 0 Å². The van der Waals surface area contributed by atoms with E-state index in [0.717, 1.165) is 11.6 Å². The van der Waals surface area contributed by atoms with Crippen LogP contribution in [0.3, 0.4) is 0 Å². The molecule has 0 bridgehead atoms. The lowest BCUT2D eigenvalue weighted by atomic mass is 9.94. The SMILES string of the molecule is Cc1cc(C(/C=C/c2ccc(C(=S)NCC(=S)NCC(F)(F)F)c(Br)c2)C(F)(F)F)cc(Cl)c1C. The summed E-state index contributed by atoms with van der Waals surface area (Å²) in [7, 11) is 0. The molecule has 0 fully saturated rings. The molecular formula is C23H20BrClF6N2S2. The van der Waals surface area contributed by atoms with Gasteiger partial charge in [0.25, 0.3) is 0 Å². The third kappa shape index (κ3) is 9.04. The minimum absolute atomic E-state index is 0.0398. The van der Waals surface area contributed by atoms with Crippen molar-refractivity contribution in [1.29, 1.82) is 0 Å². The third-order valence-corrected chi connectivity index (χ3v) is 6.65. The van der Waals surface area contributed by atoms with Crippen LogP contribution in [0.25, 0.3) is 6.08 Å². The second-order valence-electron chi connectivity index (χ2n) is 7.64. The number of hydrogen-bond acceptors (Lipinski definition) is 2. The number of thiocarbonyl (C=S) groups is 2. The highest BCUT2D eigenvalue weighted by Gasteiger charge is 2.39. The Balaban J connectivity index is 2.15. The van der Waals surface area contributed by atoms with Gasteiger partial charge in [-0.25, -0.2) is 0 Å². The number of hydrogen-bond donors (Lipinski definition) is 2. The molecule has 0 aliphatic carbocycles. The molecule has 0 aromatic heterocycles. The van der Waals surface area contributed by atoms with Crippen molar-refractivity contribution in [1.82, 2.24) is 10.6 Å². The lowest BCUT2D eigenvalue weighted by Gasteiger charge is -2.19. The molecule has 2 N–H and O–H groups in total. The Hall–Kier alpha value is -1.69. The Bertz CT molecular complexity index is 1110. The largest absolute Gasteiger partial charge is 0.405 e. The van der Waals surface area contributed by atoms with Crippen LogP contribution in [-0.2, 0) is 0 Å². The maximum atomic E-state index is 13.8. The molecule has 0 aliphatic rings. The molecule has 0 spiro atoms. The van der Waals surface area contributed by atoms with Gasteiger partial charge in [0.2, 0.25) is 0 Å². The zero-order valence-corrected chi connectivity index (χ0v) is 22.3. The van der Waals surface area contributed by atoms with Crippen LogP contribution in [0.1, 0.15) is 33.7 Å². The van der Waals surface area contributed by atoms with E-state index in [2.05, 4.69) is 26.6 Å². The molecule has 0 saturated carbocycles. The smallest absolute Gasteiger partial charge is 0.369 e. The highest BCUT2D eigenvalue weighted by molar-refractivity contribution is 9.10. The third-order valence-electron chi connectivity index (χ3n) is 4.95. The molecule has 0 saturated heterocycles. The summed E-state index contributed by atoms with van der Waals surface area (Å²) in [6.45, 7) is 2.08. The first-order chi connectivity index (χ1) is 16.1. The second kappa shape index (κ2) is 12.0. The van der Waals surface area contributed by atoms with Gasteiger partial charge in [0.1, 0.15) is 11.5 Å². The van der Waals surface area contributed by atoms with E-state index < -0.39 is 24.8 Å². The summed E-state index contributed by atoms with van der Waals surface area (Å²) in [5.74, 6) is -1.86. The minimum atomic E-state index is -4.53. The van der Waals surface area contributed by atoms with Gasteiger partial charge in [-0.3, -0.25) is 0 Å². The molecule has 0 heterocycles. The molecule has 2 aromatic carbocycles. The second-order valence-corrected chi connectivity index (χ2v) is 9.80. The Labute approximate surface area is 223 Å². The first-order valence-corrected chi connectivity index (χ1v) is 12.0. The monoisotopic (exact) mass is 616 g/mol. The summed E-state index contributed by atoms with van der Waals surface area (Å²) in [6, 6.07) is 7.54. The lowest BCUT2D eigenvalue weighted by Crippen LogP contribution is -2.39. The van der Waals surface area contributed by atoms with Crippen molar-refractivity contribution >= 4 is 68.0 Å². The number of benzene rings is 2. The van der Waals surface area contributed by atoms with Gasteiger partial charge in [-0.1, -0.05) is 82.3 Å². The fourth-order valence-electron chi connectivity index (χ4n) is 2.98. The number of nitrogens with one attached hydrogen (secondary N) is 2. The van der Waals surface area contributed by atoms with Crippen molar-refractivity contribution < 1.29 is 26.3 Å². The molecule has 2 aromatic rings. The fourth-order valence-corrected chi connectivity index (χ4v) is 4.37. The van der Waals surface area contributed by atoms with Crippen LogP contribution in [-0.4, -0.2) is 35.4 Å². The predicted molar refractivity (Wildman–Crippen MR) is 139 cm³/mol. The van der Waals surface area contributed by atoms with Crippen LogP contribution in [0, 0.1) is 13.8 Å². The Kier molecular flexibility index (Phi) is 10.2. The van der Waals surface area contributed by atoms with E-state index in [0.29, 0.717) is 21.2 Å². The van der Waals surface area contributed by atoms with Gasteiger partial charge in [-0.05, 0) is 48.2 Å². The highest BCUT2D eigenvalue weighted by Crippen LogP contribution is 2.38. The topological polar surface area (TPSA) is 24.1 Å². The normalized spacial score (nSPS) is 13.1. The maximum Gasteiger partial charge on any atom is 0.405 e. The van der Waals surface area contributed by atoms with Crippen molar-refractivity contribution in [2.75, 3.05) is 13.1 Å². The van der Waals surface area contributed by atoms with Crippen LogP contribution in [0.2, 0.25) is 5.02 Å². The Morgan fingerprint density at radius 2 is 1.71 bits per heavy atom. The van der Waals surface area contributed by atoms with Gasteiger partial charge < -0.3 is 10.6 Å². The summed E-state index contributed by atoms with van der Waals surface area (Å²) < 4.78 is 78.6. The van der Waals surface area contributed by atoms with Crippen molar-refractivity contribution in [3.05, 3.63) is 73.7 Å². The molecular weight excluding hydrogens is 598 g/mol. The van der Waals surface area contributed by atoms with Gasteiger partial charge in [0.15, 0.2) is 0 Å². The standard InChI is InChI=1S/C23H20BrClF6N2S2/c1-12-7-15(9-19(25)13(12)2)17(23(29,30)31)6-4-14-3-5-16(18(24)8-14)21(35)32-10-20(34)33-11-22(26,27)28/h3-9,17H,10-11H2,1-2H3,(H,32,35)(H,33,34)/b6-4+. The zero-order chi connectivity index (χ0) is 26.6. The van der Waals surface area contributed by atoms with Gasteiger partial charge in [0, 0.05) is 15.1 Å². The van der Waals surface area contributed by atoms with Gasteiger partial charge >= 0.3 is 12.4 Å². The molecule has 190 valence electrons. The first kappa shape index (κ1) is 29.5. The molecule has 35 heavy (non-hydrogen) atoms. The predicted octanol–water partition coefficient (Wildman–Crippen LogP) is 7.82. The van der Waals surface area contributed by atoms with E-state index in [4.69, 9.17) is 36.0 Å². The number of allylic oxidation sites excluding steroid dienone is 1. The first-order valence-electron chi connectivity index (χ1n) is 10.0. The molecule has 0 amide bonds. The lowest BCUT2D eigenvalue weighted by molar-refractivity contribution is -0.139. The molecule has 2 rings (SSSR count). The summed E-state index contributed by atoms with van der Waals surface area (Å²) in [6.07, 6.45) is -6.51. The summed E-state index contributed by atoms with van der Waals surface area (Å²) >= 11 is 19.5. The highest BCUT2D eigenvalue weighted by atomic mass is 79.9. The molecule has 1 unspecified atom stereocenters. The Morgan fingerprint density at radius 3 is 2.26 bits per heavy atom. The van der Waals surface area contributed by atoms with E-state index in [1.165, 1.54) is 18.2 Å². The van der Waals surface area contributed by atoms with Crippen LogP contribution >= 0.6 is 52.0 Å². The molecule has 0 radical (unpaired) electrons. The van der Waals surface area contributed by atoms with Crippen molar-refractivity contribution in [3.8, 4) is 0 Å². The van der Waals surface area contributed by atoms with E-state index in [1.807, 2.05) is 0 Å². The maximum absolute atomic E-state index is 13.8. The summed E-state index contributed by atoms with van der Waals surface area (Å²) in [5, 5.41) is 5.10. The zero-order valence-electron chi connectivity index (χ0n) is 18.4. The van der Waals surface area contributed by atoms with Crippen LogP contribution < -0.4 is 10.6 Å². The van der Waals surface area contributed by atoms with Crippen molar-refractivity contribution in [2.24, 2.45) is 0 Å². The molecule has 2 nitrogen and oxygen atoms in total. The summed E-state index contributed by atoms with van der Waals surface area (Å²) in [5.41, 5.74) is 2.41. The van der Waals surface area contributed by atoms with Crippen LogP contribution in [0.15, 0.2) is 40.9 Å². The number of rotatable bonds is 7. The van der Waals surface area contributed by atoms with Gasteiger partial charge in [0.05, 0.1) is 17.5 Å². The average Bonchev–Trinajstić information content (AvgIpc) is 2.73. The number of halogens is 8. The number of aryl methyl sites for hydroxylation is 1. The Morgan fingerprint density at radius 1 is 1.06 bits per heavy atom. The van der Waals surface area contributed by atoms with Gasteiger partial charge in [-0.15, -0.1) is 0 Å². The van der Waals surface area contributed by atoms with Gasteiger partial charge in [-0.2, -0.15) is 26.3 Å². The van der Waals surface area contributed by atoms with Crippen LogP contribution in [0.4, 0.5) is 26.3 Å². The van der Waals surface area contributed by atoms with E-state index in [1.54, 1.807) is 32.0 Å². The average molecular weight is 618 g/mol. The molecule has 12 heteroatoms. The summed E-state index contributed by atoms with van der Waals surface area (Å²) in [4.78, 5) is 0.145. The van der Waals surface area contributed by atoms with Crippen molar-refractivity contribution in [3.63, 3.8) is 0 Å². The minimum Gasteiger partial charge on any atom is -0.369 e. The van der Waals surface area contributed by atoms with E-state index in [-0.39, 0.29) is 27.1 Å². The van der Waals surface area contributed by atoms with E-state index in [9.17, 15) is 26.3 Å². The number of alkyl halides is 6. The fraction of sp³-hybridized carbons (Fsp3) is 0.304. The van der Waals surface area contributed by atoms with Crippen molar-refractivity contribution in [2.45, 2.75) is 32.1 Å².